The van der Waals surface area contributed by atoms with Gasteiger partial charge in [0.05, 0.1) is 6.10 Å². The summed E-state index contributed by atoms with van der Waals surface area (Å²) < 4.78 is 1.02. The average Bonchev–Trinajstić information content (AvgIpc) is 2.63. The molecule has 96 valence electrons. The highest BCUT2D eigenvalue weighted by molar-refractivity contribution is 9.10. The van der Waals surface area contributed by atoms with Crippen molar-refractivity contribution in [3.8, 4) is 0 Å². The van der Waals surface area contributed by atoms with Crippen molar-refractivity contribution in [3.05, 3.63) is 55.2 Å². The second-order valence-electron chi connectivity index (χ2n) is 4.72. The Morgan fingerprint density at radius 2 is 1.94 bits per heavy atom. The maximum absolute atomic E-state index is 10.4. The van der Waals surface area contributed by atoms with Gasteiger partial charge in [-0.25, -0.2) is 0 Å². The summed E-state index contributed by atoms with van der Waals surface area (Å²) in [5, 5.41) is 10.4. The van der Waals surface area contributed by atoms with Crippen LogP contribution in [0.1, 0.15) is 32.5 Å². The number of thiophene rings is 1. The van der Waals surface area contributed by atoms with Crippen LogP contribution < -0.4 is 0 Å². The number of hydrogen-bond donors (Lipinski definition) is 1. The van der Waals surface area contributed by atoms with E-state index in [0.29, 0.717) is 6.42 Å². The van der Waals surface area contributed by atoms with Gasteiger partial charge in [0.15, 0.2) is 0 Å². The van der Waals surface area contributed by atoms with Crippen molar-refractivity contribution in [3.63, 3.8) is 0 Å². The molecule has 18 heavy (non-hydrogen) atoms. The molecule has 0 spiro atoms. The molecule has 0 aliphatic rings. The third-order valence-corrected chi connectivity index (χ3v) is 5.13. The normalized spacial score (nSPS) is 12.7. The fourth-order valence-electron chi connectivity index (χ4n) is 2.05. The van der Waals surface area contributed by atoms with Gasteiger partial charge in [0.1, 0.15) is 0 Å². The summed E-state index contributed by atoms with van der Waals surface area (Å²) in [6.45, 7) is 6.24. The van der Waals surface area contributed by atoms with Crippen molar-refractivity contribution >= 4 is 27.3 Å². The summed E-state index contributed by atoms with van der Waals surface area (Å²) in [5.41, 5.74) is 3.70. The standard InChI is InChI=1S/C15H17BrOS/c1-9-4-5-10(2)12(6-9)8-14(17)15-13(16)7-11(3)18-15/h4-7,14,17H,8H2,1-3H3. The topological polar surface area (TPSA) is 20.2 Å². The molecule has 0 amide bonds. The molecule has 1 unspecified atom stereocenters. The number of rotatable bonds is 3. The van der Waals surface area contributed by atoms with Gasteiger partial charge in [0.2, 0.25) is 0 Å². The Balaban J connectivity index is 2.23. The zero-order valence-corrected chi connectivity index (χ0v) is 13.2. The predicted molar refractivity (Wildman–Crippen MR) is 81.3 cm³/mol. The van der Waals surface area contributed by atoms with Gasteiger partial charge in [-0.1, -0.05) is 23.8 Å². The van der Waals surface area contributed by atoms with E-state index in [-0.39, 0.29) is 0 Å². The number of halogens is 1. The molecule has 0 saturated carbocycles. The first-order valence-electron chi connectivity index (χ1n) is 5.97. The first-order valence-corrected chi connectivity index (χ1v) is 7.58. The summed E-state index contributed by atoms with van der Waals surface area (Å²) in [6.07, 6.45) is 0.241. The van der Waals surface area contributed by atoms with E-state index in [0.717, 1.165) is 9.35 Å². The zero-order valence-electron chi connectivity index (χ0n) is 10.8. The van der Waals surface area contributed by atoms with E-state index in [1.807, 2.05) is 0 Å². The van der Waals surface area contributed by atoms with Crippen LogP contribution in [0.5, 0.6) is 0 Å². The fourth-order valence-corrected chi connectivity index (χ4v) is 3.95. The van der Waals surface area contributed by atoms with Gasteiger partial charge in [-0.2, -0.15) is 0 Å². The molecule has 1 aromatic heterocycles. The van der Waals surface area contributed by atoms with Crippen LogP contribution in [0.2, 0.25) is 0 Å². The number of hydrogen-bond acceptors (Lipinski definition) is 2. The molecule has 1 atom stereocenters. The Labute approximate surface area is 121 Å². The zero-order chi connectivity index (χ0) is 13.3. The van der Waals surface area contributed by atoms with Crippen molar-refractivity contribution in [2.45, 2.75) is 33.3 Å². The van der Waals surface area contributed by atoms with E-state index >= 15 is 0 Å². The van der Waals surface area contributed by atoms with E-state index in [1.165, 1.54) is 21.6 Å². The minimum Gasteiger partial charge on any atom is -0.387 e. The van der Waals surface area contributed by atoms with Crippen LogP contribution in [-0.2, 0) is 6.42 Å². The van der Waals surface area contributed by atoms with Crippen LogP contribution in [0.3, 0.4) is 0 Å². The third kappa shape index (κ3) is 3.02. The average molecular weight is 325 g/mol. The molecule has 1 heterocycles. The van der Waals surface area contributed by atoms with Gasteiger partial charge in [-0.15, -0.1) is 11.3 Å². The summed E-state index contributed by atoms with van der Waals surface area (Å²) >= 11 is 5.17. The van der Waals surface area contributed by atoms with Crippen LogP contribution in [0, 0.1) is 20.8 Å². The molecule has 0 fully saturated rings. The first-order chi connectivity index (χ1) is 8.47. The van der Waals surface area contributed by atoms with Crippen molar-refractivity contribution < 1.29 is 5.11 Å². The number of aliphatic hydroxyl groups excluding tert-OH is 1. The minimum absolute atomic E-state index is 0.432. The molecule has 2 aromatic rings. The van der Waals surface area contributed by atoms with Gasteiger partial charge in [0, 0.05) is 20.6 Å². The summed E-state index contributed by atoms with van der Waals surface area (Å²) in [6, 6.07) is 8.45. The van der Waals surface area contributed by atoms with Crippen molar-refractivity contribution in [1.29, 1.82) is 0 Å². The summed E-state index contributed by atoms with van der Waals surface area (Å²) in [4.78, 5) is 2.24. The fraction of sp³-hybridized carbons (Fsp3) is 0.333. The van der Waals surface area contributed by atoms with E-state index in [4.69, 9.17) is 0 Å². The molecule has 1 N–H and O–H groups in total. The lowest BCUT2D eigenvalue weighted by atomic mass is 9.99. The van der Waals surface area contributed by atoms with E-state index in [2.05, 4.69) is 61.0 Å². The summed E-state index contributed by atoms with van der Waals surface area (Å²) in [7, 11) is 0. The van der Waals surface area contributed by atoms with E-state index < -0.39 is 6.10 Å². The van der Waals surface area contributed by atoms with Crippen LogP contribution in [0.4, 0.5) is 0 Å². The molecule has 0 radical (unpaired) electrons. The minimum atomic E-state index is -0.432. The van der Waals surface area contributed by atoms with Crippen LogP contribution in [0.15, 0.2) is 28.7 Å². The van der Waals surface area contributed by atoms with Gasteiger partial charge in [-0.3, -0.25) is 0 Å². The number of aryl methyl sites for hydroxylation is 3. The Morgan fingerprint density at radius 1 is 1.22 bits per heavy atom. The van der Waals surface area contributed by atoms with E-state index in [1.54, 1.807) is 11.3 Å². The number of benzene rings is 1. The molecule has 0 saturated heterocycles. The predicted octanol–water partition coefficient (Wildman–Crippen LogP) is 4.71. The summed E-state index contributed by atoms with van der Waals surface area (Å²) in [5.74, 6) is 0. The highest BCUT2D eigenvalue weighted by Crippen LogP contribution is 2.34. The van der Waals surface area contributed by atoms with Gasteiger partial charge in [-0.05, 0) is 53.9 Å². The van der Waals surface area contributed by atoms with Crippen molar-refractivity contribution in [1.82, 2.24) is 0 Å². The SMILES string of the molecule is Cc1ccc(C)c(CC(O)c2sc(C)cc2Br)c1. The van der Waals surface area contributed by atoms with Crippen molar-refractivity contribution in [2.75, 3.05) is 0 Å². The maximum atomic E-state index is 10.4. The first kappa shape index (κ1) is 13.8. The molecule has 0 aliphatic heterocycles. The molecular formula is C15H17BrOS. The smallest absolute Gasteiger partial charge is 0.0933 e. The Kier molecular flexibility index (Phi) is 4.25. The lowest BCUT2D eigenvalue weighted by Crippen LogP contribution is -2.02. The second-order valence-corrected chi connectivity index (χ2v) is 6.86. The lowest BCUT2D eigenvalue weighted by molar-refractivity contribution is 0.181. The van der Waals surface area contributed by atoms with Crippen LogP contribution in [0.25, 0.3) is 0 Å². The van der Waals surface area contributed by atoms with Gasteiger partial charge >= 0.3 is 0 Å². The molecule has 0 aliphatic carbocycles. The van der Waals surface area contributed by atoms with Gasteiger partial charge in [0.25, 0.3) is 0 Å². The van der Waals surface area contributed by atoms with Gasteiger partial charge < -0.3 is 5.11 Å². The monoisotopic (exact) mass is 324 g/mol. The molecule has 1 nitrogen and oxygen atoms in total. The van der Waals surface area contributed by atoms with E-state index in [9.17, 15) is 5.11 Å². The largest absolute Gasteiger partial charge is 0.387 e. The third-order valence-electron chi connectivity index (χ3n) is 3.06. The molecular weight excluding hydrogens is 308 g/mol. The Bertz CT molecular complexity index is 560. The second kappa shape index (κ2) is 5.55. The highest BCUT2D eigenvalue weighted by atomic mass is 79.9. The number of aliphatic hydroxyl groups is 1. The molecule has 0 bridgehead atoms. The van der Waals surface area contributed by atoms with Crippen molar-refractivity contribution in [2.24, 2.45) is 0 Å². The lowest BCUT2D eigenvalue weighted by Gasteiger charge is -2.12. The Hall–Kier alpha value is -0.640. The maximum Gasteiger partial charge on any atom is 0.0933 e. The molecule has 3 heteroatoms. The molecule has 1 aromatic carbocycles. The molecule has 2 rings (SSSR count). The van der Waals surface area contributed by atoms with Crippen LogP contribution in [-0.4, -0.2) is 5.11 Å². The Morgan fingerprint density at radius 3 is 2.56 bits per heavy atom. The quantitative estimate of drug-likeness (QED) is 0.866. The highest BCUT2D eigenvalue weighted by Gasteiger charge is 2.16. The van der Waals surface area contributed by atoms with Crippen LogP contribution >= 0.6 is 27.3 Å².